The van der Waals surface area contributed by atoms with E-state index < -0.39 is 24.0 Å². The minimum absolute atomic E-state index is 0. The van der Waals surface area contributed by atoms with Gasteiger partial charge >= 0.3 is 95.8 Å². The van der Waals surface area contributed by atoms with E-state index in [9.17, 15) is 0 Å². The quantitative estimate of drug-likeness (QED) is 0.764. The van der Waals surface area contributed by atoms with Gasteiger partial charge in [-0.25, -0.2) is 0 Å². The third kappa shape index (κ3) is 6.04. The van der Waals surface area contributed by atoms with Crippen molar-refractivity contribution >= 4 is 31.5 Å². The second-order valence-electron chi connectivity index (χ2n) is 4.35. The molecule has 0 aliphatic heterocycles. The van der Waals surface area contributed by atoms with Crippen LogP contribution in [0.25, 0.3) is 0 Å². The molecule has 95 valence electrons. The number of rotatable bonds is 5. The van der Waals surface area contributed by atoms with Crippen molar-refractivity contribution in [1.82, 2.24) is 3.80 Å². The van der Waals surface area contributed by atoms with Crippen molar-refractivity contribution in [2.45, 2.75) is 45.8 Å². The topological polar surface area (TPSA) is 12.0 Å². The summed E-state index contributed by atoms with van der Waals surface area (Å²) in [6, 6.07) is 0.724. The van der Waals surface area contributed by atoms with E-state index in [0.29, 0.717) is 0 Å². The molecule has 0 spiro atoms. The number of hydrogen-bond acceptors (Lipinski definition) is 1. The van der Waals surface area contributed by atoms with Crippen molar-refractivity contribution in [3.63, 3.8) is 0 Å². The predicted molar refractivity (Wildman–Crippen MR) is 78.1 cm³/mol. The molecule has 0 amide bonds. The van der Waals surface area contributed by atoms with Gasteiger partial charge in [0.05, 0.1) is 0 Å². The van der Waals surface area contributed by atoms with Gasteiger partial charge in [-0.15, -0.1) is 24.8 Å². The van der Waals surface area contributed by atoms with Crippen molar-refractivity contribution < 1.29 is 17.4 Å². The van der Waals surface area contributed by atoms with Crippen LogP contribution in [0.2, 0.25) is 13.1 Å². The maximum absolute atomic E-state index is 3.93. The Bertz CT molecular complexity index is 244. The van der Waals surface area contributed by atoms with Crippen molar-refractivity contribution in [1.29, 1.82) is 0 Å². The molecular weight excluding hydrogens is 293 g/mol. The summed E-state index contributed by atoms with van der Waals surface area (Å²) >= 11 is -1.04. The van der Waals surface area contributed by atoms with Gasteiger partial charge in [0.1, 0.15) is 0 Å². The number of hydrogen-bond donors (Lipinski definition) is 1. The van der Waals surface area contributed by atoms with Crippen LogP contribution in [0.4, 0.5) is 0 Å². The van der Waals surface area contributed by atoms with Gasteiger partial charge in [0.15, 0.2) is 0 Å². The molecule has 16 heavy (non-hydrogen) atoms. The second kappa shape index (κ2) is 9.93. The van der Waals surface area contributed by atoms with Gasteiger partial charge in [-0.05, 0) is 0 Å². The molecule has 1 rings (SSSR count). The molecule has 1 aliphatic rings. The molecule has 1 N–H and O–H groups in total. The first-order chi connectivity index (χ1) is 6.65. The maximum atomic E-state index is 3.93. The summed E-state index contributed by atoms with van der Waals surface area (Å²) < 4.78 is 5.70. The molecule has 0 radical (unpaired) electrons. The molecule has 0 aromatic carbocycles. The van der Waals surface area contributed by atoms with Crippen molar-refractivity contribution in [3.8, 4) is 0 Å². The SMILES string of the molecule is CCC(C)[NH][Ti]([C]1=CC=CC1)[SiH](C)C.Cl.Cl. The third-order valence-corrected chi connectivity index (χ3v) is 14.4. The van der Waals surface area contributed by atoms with Crippen LogP contribution in [-0.4, -0.2) is 12.7 Å². The Kier molecular flexibility index (Phi) is 12.0. The summed E-state index contributed by atoms with van der Waals surface area (Å²) in [4.78, 5) is 0. The molecule has 1 atom stereocenters. The van der Waals surface area contributed by atoms with E-state index >= 15 is 0 Å². The summed E-state index contributed by atoms with van der Waals surface area (Å²) in [5.74, 6) is 0. The molecule has 0 saturated carbocycles. The van der Waals surface area contributed by atoms with Crippen LogP contribution in [0.3, 0.4) is 0 Å². The van der Waals surface area contributed by atoms with Gasteiger partial charge in [-0.1, -0.05) is 0 Å². The Labute approximate surface area is 120 Å². The molecule has 0 aromatic rings. The molecule has 0 fully saturated rings. The molecule has 0 saturated heterocycles. The fourth-order valence-electron chi connectivity index (χ4n) is 1.64. The summed E-state index contributed by atoms with van der Waals surface area (Å²) in [5, 5.41) is 0. The average Bonchev–Trinajstić information content (AvgIpc) is 2.65. The molecule has 0 bridgehead atoms. The molecule has 1 aliphatic carbocycles. The minimum Gasteiger partial charge on any atom is -0.147 e. The van der Waals surface area contributed by atoms with Gasteiger partial charge in [-0.2, -0.15) is 0 Å². The number of allylic oxidation sites excluding steroid dienone is 4. The van der Waals surface area contributed by atoms with E-state index in [1.807, 2.05) is 0 Å². The Morgan fingerprint density at radius 3 is 2.44 bits per heavy atom. The van der Waals surface area contributed by atoms with Crippen molar-refractivity contribution in [2.75, 3.05) is 0 Å². The van der Waals surface area contributed by atoms with E-state index in [1.54, 1.807) is 3.88 Å². The van der Waals surface area contributed by atoms with Gasteiger partial charge in [-0.3, -0.25) is 0 Å². The van der Waals surface area contributed by atoms with Crippen LogP contribution in [0.15, 0.2) is 22.1 Å². The fraction of sp³-hybridized carbons (Fsp3) is 0.636. The first-order valence-corrected chi connectivity index (χ1v) is 12.8. The minimum atomic E-state index is -1.04. The molecular formula is C11H24Cl2NSiTi. The van der Waals surface area contributed by atoms with Crippen LogP contribution in [0.5, 0.6) is 0 Å². The van der Waals surface area contributed by atoms with E-state index in [-0.39, 0.29) is 24.8 Å². The normalized spacial score (nSPS) is 15.2. The van der Waals surface area contributed by atoms with E-state index in [0.717, 1.165) is 6.04 Å². The van der Waals surface area contributed by atoms with Gasteiger partial charge in [0, 0.05) is 0 Å². The first kappa shape index (κ1) is 19.3. The van der Waals surface area contributed by atoms with E-state index in [1.165, 1.54) is 12.8 Å². The second-order valence-corrected chi connectivity index (χ2v) is 17.2. The Morgan fingerprint density at radius 1 is 1.44 bits per heavy atom. The zero-order valence-corrected chi connectivity index (χ0v) is 15.0. The summed E-state index contributed by atoms with van der Waals surface area (Å²) in [6.07, 6.45) is 9.41. The van der Waals surface area contributed by atoms with Gasteiger partial charge in [0.25, 0.3) is 0 Å². The van der Waals surface area contributed by atoms with E-state index in [2.05, 4.69) is 49.0 Å². The monoisotopic (exact) mass is 316 g/mol. The van der Waals surface area contributed by atoms with Crippen LogP contribution < -0.4 is 3.80 Å². The first-order valence-electron chi connectivity index (χ1n) is 5.64. The molecule has 0 heterocycles. The van der Waals surface area contributed by atoms with Crippen LogP contribution in [0, 0.1) is 0 Å². The maximum Gasteiger partial charge on any atom is -0.147 e. The van der Waals surface area contributed by atoms with Crippen LogP contribution in [-0.2, 0) is 17.4 Å². The molecule has 5 heteroatoms. The Balaban J connectivity index is 0. The van der Waals surface area contributed by atoms with Crippen molar-refractivity contribution in [3.05, 3.63) is 22.1 Å². The van der Waals surface area contributed by atoms with Gasteiger partial charge < -0.3 is 0 Å². The fourth-order valence-corrected chi connectivity index (χ4v) is 12.2. The summed E-state index contributed by atoms with van der Waals surface area (Å²) in [5.41, 5.74) is 0. The smallest absolute Gasteiger partial charge is 0.147 e. The molecule has 1 nitrogen and oxygen atoms in total. The van der Waals surface area contributed by atoms with Crippen molar-refractivity contribution in [2.24, 2.45) is 0 Å². The van der Waals surface area contributed by atoms with E-state index in [4.69, 9.17) is 0 Å². The Hall–Kier alpha value is 0.951. The van der Waals surface area contributed by atoms with Crippen LogP contribution in [0.1, 0.15) is 26.7 Å². The zero-order valence-electron chi connectivity index (χ0n) is 10.6. The summed E-state index contributed by atoms with van der Waals surface area (Å²) in [6.45, 7) is 9.15. The van der Waals surface area contributed by atoms with Crippen LogP contribution >= 0.6 is 24.8 Å². The molecule has 0 aromatic heterocycles. The molecule has 1 unspecified atom stereocenters. The van der Waals surface area contributed by atoms with Gasteiger partial charge in [0.2, 0.25) is 0 Å². The average molecular weight is 317 g/mol. The Morgan fingerprint density at radius 2 is 2.06 bits per heavy atom. The standard InChI is InChI=1S/C5H5.C4H10N.C2H7Si.2ClH.Ti/c1-2-4-5-3-1;1-3-4(2)5;1-3-2;;;/h1-3H,4H2;4-5H,3H2,1-2H3;3H,1-2H3;2*1H;/q;-1;;;;+1. The predicted octanol–water partition coefficient (Wildman–Crippen LogP) is 3.58. The number of nitrogens with one attached hydrogen (secondary N) is 1. The zero-order chi connectivity index (χ0) is 10.6. The number of halogens is 2. The summed E-state index contributed by atoms with van der Waals surface area (Å²) in [7, 11) is 0. The largest absolute Gasteiger partial charge is 0.147 e. The third-order valence-electron chi connectivity index (χ3n) is 2.71.